The fraction of sp³-hybridized carbons (Fsp3) is 0.370. The minimum absolute atomic E-state index is 0.697. The Balaban J connectivity index is 1.18. The second-order valence-corrected chi connectivity index (χ2v) is 10.6. The van der Waals surface area contributed by atoms with Crippen LogP contribution in [0.5, 0.6) is 5.75 Å². The highest BCUT2D eigenvalue weighted by molar-refractivity contribution is 9.10. The fourth-order valence-electron chi connectivity index (χ4n) is 5.25. The topological polar surface area (TPSA) is 73.4 Å². The Hall–Kier alpha value is -2.88. The summed E-state index contributed by atoms with van der Waals surface area (Å²) in [6, 6.07) is 14.5. The van der Waals surface area contributed by atoms with E-state index in [2.05, 4.69) is 81.1 Å². The first-order chi connectivity index (χ1) is 18.2. The number of hydrogen-bond acceptors (Lipinski definition) is 7. The minimum atomic E-state index is 0.697. The molecule has 0 saturated carbocycles. The molecule has 10 heteroatoms. The molecule has 0 aliphatic carbocycles. The second-order valence-electron chi connectivity index (χ2n) is 9.47. The summed E-state index contributed by atoms with van der Waals surface area (Å²) in [5, 5.41) is 8.85. The van der Waals surface area contributed by atoms with E-state index in [1.54, 1.807) is 6.33 Å². The number of ether oxygens (including phenoxy) is 1. The van der Waals surface area contributed by atoms with Gasteiger partial charge in [0.2, 0.25) is 0 Å². The van der Waals surface area contributed by atoms with Crippen molar-refractivity contribution in [3.05, 3.63) is 58.4 Å². The van der Waals surface area contributed by atoms with Crippen LogP contribution in [-0.4, -0.2) is 77.5 Å². The molecule has 0 bridgehead atoms. The van der Waals surface area contributed by atoms with E-state index in [1.165, 1.54) is 25.9 Å². The highest BCUT2D eigenvalue weighted by Gasteiger charge is 2.24. The number of halogens is 2. The summed E-state index contributed by atoms with van der Waals surface area (Å²) in [5.41, 5.74) is 3.98. The third kappa shape index (κ3) is 5.12. The van der Waals surface area contributed by atoms with Crippen molar-refractivity contribution in [3.8, 4) is 16.9 Å². The van der Waals surface area contributed by atoms with Crippen LogP contribution in [0.2, 0.25) is 5.02 Å². The number of nitrogens with one attached hydrogen (secondary N) is 1. The van der Waals surface area contributed by atoms with Crippen LogP contribution in [0.25, 0.3) is 22.2 Å². The quantitative estimate of drug-likeness (QED) is 0.320. The Bertz CT molecular complexity index is 1380. The highest BCUT2D eigenvalue weighted by Crippen LogP contribution is 2.37. The van der Waals surface area contributed by atoms with Crippen molar-refractivity contribution in [2.24, 2.45) is 0 Å². The largest absolute Gasteiger partial charge is 0.492 e. The van der Waals surface area contributed by atoms with Crippen molar-refractivity contribution in [2.45, 2.75) is 12.8 Å². The molecule has 4 aromatic rings. The highest BCUT2D eigenvalue weighted by atomic mass is 79.9. The van der Waals surface area contributed by atoms with E-state index in [-0.39, 0.29) is 0 Å². The predicted molar refractivity (Wildman–Crippen MR) is 152 cm³/mol. The molecule has 0 spiro atoms. The zero-order valence-corrected chi connectivity index (χ0v) is 22.9. The van der Waals surface area contributed by atoms with Crippen LogP contribution >= 0.6 is 27.5 Å². The van der Waals surface area contributed by atoms with Crippen molar-refractivity contribution in [1.29, 1.82) is 0 Å². The van der Waals surface area contributed by atoms with E-state index >= 15 is 0 Å². The number of H-pyrrole nitrogens is 1. The van der Waals surface area contributed by atoms with Gasteiger partial charge in [-0.25, -0.2) is 9.97 Å². The van der Waals surface area contributed by atoms with Gasteiger partial charge in [-0.15, -0.1) is 0 Å². The normalized spacial score (nSPS) is 16.6. The van der Waals surface area contributed by atoms with E-state index < -0.39 is 0 Å². The minimum Gasteiger partial charge on any atom is -0.492 e. The maximum atomic E-state index is 6.72. The first kappa shape index (κ1) is 24.5. The molecule has 0 amide bonds. The lowest BCUT2D eigenvalue weighted by molar-refractivity contribution is 0.238. The van der Waals surface area contributed by atoms with E-state index in [1.807, 2.05) is 12.1 Å². The van der Waals surface area contributed by atoms with Crippen molar-refractivity contribution in [3.63, 3.8) is 0 Å². The molecule has 1 N–H and O–H groups in total. The van der Waals surface area contributed by atoms with Gasteiger partial charge in [-0.1, -0.05) is 35.9 Å². The van der Waals surface area contributed by atoms with Crippen molar-refractivity contribution >= 4 is 50.1 Å². The van der Waals surface area contributed by atoms with Gasteiger partial charge >= 0.3 is 0 Å². The van der Waals surface area contributed by atoms with Gasteiger partial charge < -0.3 is 14.5 Å². The zero-order chi connectivity index (χ0) is 25.2. The van der Waals surface area contributed by atoms with Crippen LogP contribution in [0.1, 0.15) is 12.8 Å². The van der Waals surface area contributed by atoms with Crippen LogP contribution in [0.3, 0.4) is 0 Å². The zero-order valence-electron chi connectivity index (χ0n) is 20.5. The molecular weight excluding hydrogens is 554 g/mol. The SMILES string of the molecule is Clc1ccc(-c2ccccc2OCCN2CCCC2)cc1N1CCN(c2ncnc3[nH]nc(Br)c23)CC1. The van der Waals surface area contributed by atoms with Gasteiger partial charge in [0, 0.05) is 38.3 Å². The number of nitrogens with zero attached hydrogens (tertiary/aromatic N) is 6. The van der Waals surface area contributed by atoms with Gasteiger partial charge in [0.15, 0.2) is 5.65 Å². The van der Waals surface area contributed by atoms with Crippen molar-refractivity contribution in [1.82, 2.24) is 25.1 Å². The molecule has 2 aliphatic heterocycles. The maximum Gasteiger partial charge on any atom is 0.161 e. The van der Waals surface area contributed by atoms with Crippen LogP contribution < -0.4 is 14.5 Å². The second kappa shape index (κ2) is 10.8. The number of benzene rings is 2. The lowest BCUT2D eigenvalue weighted by Crippen LogP contribution is -2.47. The summed E-state index contributed by atoms with van der Waals surface area (Å²) in [6.07, 6.45) is 4.17. The smallest absolute Gasteiger partial charge is 0.161 e. The summed E-state index contributed by atoms with van der Waals surface area (Å²) in [5.74, 6) is 1.81. The Labute approximate surface area is 229 Å². The monoisotopic (exact) mass is 581 g/mol. The third-order valence-electron chi connectivity index (χ3n) is 7.22. The van der Waals surface area contributed by atoms with Crippen LogP contribution in [0.15, 0.2) is 53.4 Å². The lowest BCUT2D eigenvalue weighted by atomic mass is 10.0. The number of hydrogen-bond donors (Lipinski definition) is 1. The average Bonchev–Trinajstić information content (AvgIpc) is 3.59. The number of para-hydroxylation sites is 1. The van der Waals surface area contributed by atoms with E-state index in [0.29, 0.717) is 6.61 Å². The maximum absolute atomic E-state index is 6.72. The van der Waals surface area contributed by atoms with Crippen LogP contribution in [-0.2, 0) is 0 Å². The molecule has 2 aromatic heterocycles. The van der Waals surface area contributed by atoms with Gasteiger partial charge in [-0.3, -0.25) is 10.00 Å². The Kier molecular flexibility index (Phi) is 7.17. The first-order valence-electron chi connectivity index (χ1n) is 12.8. The number of aromatic nitrogens is 4. The van der Waals surface area contributed by atoms with Gasteiger partial charge in [0.1, 0.15) is 29.1 Å². The summed E-state index contributed by atoms with van der Waals surface area (Å²) in [6.45, 7) is 7.33. The molecule has 0 radical (unpaired) electrons. The molecule has 4 heterocycles. The number of likely N-dealkylation sites (tertiary alicyclic amines) is 1. The molecule has 2 saturated heterocycles. The number of fused-ring (bicyclic) bond motifs is 1. The number of anilines is 2. The summed E-state index contributed by atoms with van der Waals surface area (Å²) < 4.78 is 6.99. The molecule has 37 heavy (non-hydrogen) atoms. The first-order valence-corrected chi connectivity index (χ1v) is 13.9. The number of aromatic amines is 1. The van der Waals surface area contributed by atoms with Gasteiger partial charge in [-0.05, 0) is 65.6 Å². The number of piperazine rings is 1. The molecule has 0 unspecified atom stereocenters. The molecule has 2 aliphatic rings. The van der Waals surface area contributed by atoms with E-state index in [0.717, 1.165) is 81.8 Å². The molecular formula is C27H29BrClN7O. The van der Waals surface area contributed by atoms with Gasteiger partial charge in [-0.2, -0.15) is 5.10 Å². The molecule has 2 aromatic carbocycles. The molecule has 2 fully saturated rings. The Morgan fingerprint density at radius 1 is 0.946 bits per heavy atom. The standard InChI is InChI=1S/C27H29BrClN7O/c28-25-24-26(33-32-25)30-18-31-27(24)36-13-11-35(12-14-36)22-17-19(7-8-21(22)29)20-5-1-2-6-23(20)37-16-15-34-9-3-4-10-34/h1-2,5-8,17-18H,3-4,9-16H2,(H,30,31,32,33). The average molecular weight is 583 g/mol. The van der Waals surface area contributed by atoms with Crippen LogP contribution in [0, 0.1) is 0 Å². The molecule has 192 valence electrons. The van der Waals surface area contributed by atoms with Crippen molar-refractivity contribution in [2.75, 3.05) is 62.2 Å². The fourth-order valence-corrected chi connectivity index (χ4v) is 5.94. The van der Waals surface area contributed by atoms with Gasteiger partial charge in [0.05, 0.1) is 16.1 Å². The molecule has 8 nitrogen and oxygen atoms in total. The van der Waals surface area contributed by atoms with Gasteiger partial charge in [0.25, 0.3) is 0 Å². The number of rotatable bonds is 7. The predicted octanol–water partition coefficient (Wildman–Crippen LogP) is 5.24. The molecule has 6 rings (SSSR count). The van der Waals surface area contributed by atoms with E-state index in [9.17, 15) is 0 Å². The van der Waals surface area contributed by atoms with E-state index in [4.69, 9.17) is 16.3 Å². The summed E-state index contributed by atoms with van der Waals surface area (Å²) >= 11 is 10.2. The lowest BCUT2D eigenvalue weighted by Gasteiger charge is -2.37. The summed E-state index contributed by atoms with van der Waals surface area (Å²) in [4.78, 5) is 15.9. The Morgan fingerprint density at radius 2 is 1.73 bits per heavy atom. The van der Waals surface area contributed by atoms with Crippen LogP contribution in [0.4, 0.5) is 11.5 Å². The van der Waals surface area contributed by atoms with Crippen molar-refractivity contribution < 1.29 is 4.74 Å². The summed E-state index contributed by atoms with van der Waals surface area (Å²) in [7, 11) is 0. The molecule has 0 atom stereocenters. The Morgan fingerprint density at radius 3 is 2.57 bits per heavy atom. The third-order valence-corrected chi connectivity index (χ3v) is 8.11.